The summed E-state index contributed by atoms with van der Waals surface area (Å²) in [4.78, 5) is 0. The molecule has 0 bridgehead atoms. The Morgan fingerprint density at radius 3 is 2.73 bits per heavy atom. The van der Waals surface area contributed by atoms with Gasteiger partial charge in [-0.15, -0.1) is 11.3 Å². The molecule has 2 rings (SSSR count). The summed E-state index contributed by atoms with van der Waals surface area (Å²) in [6.07, 6.45) is 0. The smallest absolute Gasteiger partial charge is 0.176 e. The van der Waals surface area contributed by atoms with Crippen LogP contribution in [0.1, 0.15) is 0 Å². The van der Waals surface area contributed by atoms with Crippen molar-refractivity contribution < 1.29 is 8.78 Å². The molecule has 0 amide bonds. The van der Waals surface area contributed by atoms with Gasteiger partial charge in [0, 0.05) is 0 Å². The lowest BCUT2D eigenvalue weighted by molar-refractivity contribution is 0.518. The molecule has 0 aliphatic heterocycles. The second kappa shape index (κ2) is 2.27. The van der Waals surface area contributed by atoms with E-state index in [4.69, 9.17) is 0 Å². The third-order valence-electron chi connectivity index (χ3n) is 1.51. The first-order chi connectivity index (χ1) is 5.29. The third-order valence-corrected chi connectivity index (χ3v) is 2.44. The molecule has 0 atom stereocenters. The predicted molar refractivity (Wildman–Crippen MR) is 41.7 cm³/mol. The average molecular weight is 170 g/mol. The van der Waals surface area contributed by atoms with Gasteiger partial charge < -0.3 is 0 Å². The minimum atomic E-state index is -0.778. The van der Waals surface area contributed by atoms with Crippen LogP contribution in [0.2, 0.25) is 0 Å². The Kier molecular flexibility index (Phi) is 1.39. The standard InChI is InChI=1S/C8H4F2S/c9-6-2-1-5-3-4-11-8(5)7(6)10/h1-4H. The summed E-state index contributed by atoms with van der Waals surface area (Å²) in [5, 5.41) is 2.50. The largest absolute Gasteiger partial charge is 0.204 e. The zero-order valence-electron chi connectivity index (χ0n) is 5.47. The molecule has 0 aliphatic rings. The number of hydrogen-bond donors (Lipinski definition) is 0. The second-order valence-corrected chi connectivity index (χ2v) is 3.12. The van der Waals surface area contributed by atoms with Crippen molar-refractivity contribution in [3.05, 3.63) is 35.2 Å². The minimum Gasteiger partial charge on any atom is -0.204 e. The topological polar surface area (TPSA) is 0 Å². The highest BCUT2D eigenvalue weighted by Gasteiger charge is 2.06. The van der Waals surface area contributed by atoms with Gasteiger partial charge in [-0.2, -0.15) is 0 Å². The van der Waals surface area contributed by atoms with Gasteiger partial charge in [0.05, 0.1) is 4.70 Å². The van der Waals surface area contributed by atoms with Gasteiger partial charge in [0.1, 0.15) is 0 Å². The number of thiophene rings is 1. The Morgan fingerprint density at radius 2 is 1.91 bits per heavy atom. The Hall–Kier alpha value is -0.960. The van der Waals surface area contributed by atoms with Gasteiger partial charge in [-0.1, -0.05) is 6.07 Å². The molecule has 0 spiro atoms. The lowest BCUT2D eigenvalue weighted by atomic mass is 10.2. The van der Waals surface area contributed by atoms with Crippen molar-refractivity contribution >= 4 is 21.4 Å². The van der Waals surface area contributed by atoms with Gasteiger partial charge in [0.25, 0.3) is 0 Å². The second-order valence-electron chi connectivity index (χ2n) is 2.20. The molecule has 2 aromatic rings. The number of hydrogen-bond acceptors (Lipinski definition) is 1. The highest BCUT2D eigenvalue weighted by Crippen LogP contribution is 2.24. The van der Waals surface area contributed by atoms with Crippen molar-refractivity contribution in [1.29, 1.82) is 0 Å². The first-order valence-electron chi connectivity index (χ1n) is 3.10. The molecular formula is C8H4F2S. The highest BCUT2D eigenvalue weighted by atomic mass is 32.1. The van der Waals surface area contributed by atoms with Gasteiger partial charge >= 0.3 is 0 Å². The summed E-state index contributed by atoms with van der Waals surface area (Å²) in [6.45, 7) is 0. The molecule has 3 heteroatoms. The van der Waals surface area contributed by atoms with Crippen molar-refractivity contribution in [2.75, 3.05) is 0 Å². The van der Waals surface area contributed by atoms with E-state index in [2.05, 4.69) is 0 Å². The van der Waals surface area contributed by atoms with Gasteiger partial charge in [-0.05, 0) is 22.9 Å². The Morgan fingerprint density at radius 1 is 1.09 bits per heavy atom. The normalized spacial score (nSPS) is 10.7. The molecule has 56 valence electrons. The molecule has 0 unspecified atom stereocenters. The zero-order valence-corrected chi connectivity index (χ0v) is 6.29. The van der Waals surface area contributed by atoms with E-state index in [9.17, 15) is 8.78 Å². The lowest BCUT2D eigenvalue weighted by Crippen LogP contribution is -1.80. The van der Waals surface area contributed by atoms with E-state index in [0.717, 1.165) is 11.5 Å². The average Bonchev–Trinajstić information content (AvgIpc) is 2.45. The van der Waals surface area contributed by atoms with Gasteiger partial charge in [-0.25, -0.2) is 8.78 Å². The van der Waals surface area contributed by atoms with Crippen LogP contribution in [-0.2, 0) is 0 Å². The molecule has 0 nitrogen and oxygen atoms in total. The van der Waals surface area contributed by atoms with Crippen LogP contribution in [0.4, 0.5) is 8.78 Å². The summed E-state index contributed by atoms with van der Waals surface area (Å²) in [5.41, 5.74) is 0. The Bertz CT molecular complexity index is 392. The fourth-order valence-electron chi connectivity index (χ4n) is 0.973. The van der Waals surface area contributed by atoms with Crippen molar-refractivity contribution in [3.8, 4) is 0 Å². The molecule has 0 aliphatic carbocycles. The summed E-state index contributed by atoms with van der Waals surface area (Å²) in [5.74, 6) is -1.52. The van der Waals surface area contributed by atoms with Crippen LogP contribution in [0.3, 0.4) is 0 Å². The maximum absolute atomic E-state index is 12.9. The third kappa shape index (κ3) is 0.922. The molecular weight excluding hydrogens is 166 g/mol. The molecule has 0 saturated heterocycles. The van der Waals surface area contributed by atoms with Crippen LogP contribution in [0.25, 0.3) is 10.1 Å². The molecule has 0 saturated carbocycles. The van der Waals surface area contributed by atoms with Crippen LogP contribution < -0.4 is 0 Å². The number of rotatable bonds is 0. The number of benzene rings is 1. The maximum atomic E-state index is 12.9. The predicted octanol–water partition coefficient (Wildman–Crippen LogP) is 3.18. The van der Waals surface area contributed by atoms with Crippen LogP contribution in [-0.4, -0.2) is 0 Å². The summed E-state index contributed by atoms with van der Waals surface area (Å²) >= 11 is 1.21. The van der Waals surface area contributed by atoms with Crippen LogP contribution in [0.5, 0.6) is 0 Å². The van der Waals surface area contributed by atoms with E-state index in [-0.39, 0.29) is 0 Å². The van der Waals surface area contributed by atoms with Crippen LogP contribution >= 0.6 is 11.3 Å². The Labute approximate surface area is 66.1 Å². The van der Waals surface area contributed by atoms with Crippen molar-refractivity contribution in [2.24, 2.45) is 0 Å². The van der Waals surface area contributed by atoms with Crippen molar-refractivity contribution in [1.82, 2.24) is 0 Å². The molecule has 1 heterocycles. The summed E-state index contributed by atoms with van der Waals surface area (Å²) in [6, 6.07) is 4.48. The van der Waals surface area contributed by atoms with Crippen molar-refractivity contribution in [2.45, 2.75) is 0 Å². The Balaban J connectivity index is 2.93. The van der Waals surface area contributed by atoms with Crippen LogP contribution in [0.15, 0.2) is 23.6 Å². The summed E-state index contributed by atoms with van der Waals surface area (Å²) in [7, 11) is 0. The molecule has 0 fully saturated rings. The van der Waals surface area contributed by atoms with Gasteiger partial charge in [0.2, 0.25) is 0 Å². The number of fused-ring (bicyclic) bond motifs is 1. The first kappa shape index (κ1) is 6.73. The van der Waals surface area contributed by atoms with E-state index in [1.165, 1.54) is 11.3 Å². The van der Waals surface area contributed by atoms with E-state index >= 15 is 0 Å². The van der Waals surface area contributed by atoms with E-state index in [1.54, 1.807) is 17.5 Å². The minimum absolute atomic E-state index is 0.394. The lowest BCUT2D eigenvalue weighted by Gasteiger charge is -1.92. The quantitative estimate of drug-likeness (QED) is 0.569. The number of halogens is 2. The van der Waals surface area contributed by atoms with Gasteiger partial charge in [0.15, 0.2) is 11.6 Å². The molecule has 0 radical (unpaired) electrons. The van der Waals surface area contributed by atoms with Gasteiger partial charge in [-0.3, -0.25) is 0 Å². The zero-order chi connectivity index (χ0) is 7.84. The van der Waals surface area contributed by atoms with E-state index < -0.39 is 11.6 Å². The van der Waals surface area contributed by atoms with E-state index in [0.29, 0.717) is 4.70 Å². The maximum Gasteiger partial charge on any atom is 0.176 e. The molecule has 1 aromatic carbocycles. The van der Waals surface area contributed by atoms with Crippen molar-refractivity contribution in [3.63, 3.8) is 0 Å². The van der Waals surface area contributed by atoms with E-state index in [1.807, 2.05) is 0 Å². The summed E-state index contributed by atoms with van der Waals surface area (Å²) < 4.78 is 25.8. The fraction of sp³-hybridized carbons (Fsp3) is 0. The highest BCUT2D eigenvalue weighted by molar-refractivity contribution is 7.17. The monoisotopic (exact) mass is 170 g/mol. The first-order valence-corrected chi connectivity index (χ1v) is 3.98. The fourth-order valence-corrected chi connectivity index (χ4v) is 1.80. The molecule has 11 heavy (non-hydrogen) atoms. The molecule has 1 aromatic heterocycles. The SMILES string of the molecule is Fc1ccc2ccsc2c1F. The van der Waals surface area contributed by atoms with Crippen LogP contribution in [0, 0.1) is 11.6 Å². The molecule has 0 N–H and O–H groups in total.